The van der Waals surface area contributed by atoms with Crippen LogP contribution in [0.15, 0.2) is 35.3 Å². The number of imidazole rings is 1. The van der Waals surface area contributed by atoms with Gasteiger partial charge in [-0.05, 0) is 33.6 Å². The number of rotatable bonds is 3. The van der Waals surface area contributed by atoms with Gasteiger partial charge in [-0.3, -0.25) is 4.57 Å². The number of benzene rings is 1. The molecule has 0 aliphatic heterocycles. The van der Waals surface area contributed by atoms with Gasteiger partial charge in [0.25, 0.3) is 0 Å². The molecular weight excluding hydrogens is 344 g/mol. The highest BCUT2D eigenvalue weighted by molar-refractivity contribution is 9.10. The zero-order valence-electron chi connectivity index (χ0n) is 10.5. The lowest BCUT2D eigenvalue weighted by molar-refractivity contribution is 0.414. The van der Waals surface area contributed by atoms with Gasteiger partial charge in [-0.2, -0.15) is 0 Å². The standard InChI is InChI=1S/C13H10BrClN4O/c1-20-9-4-2-3-8(5-9)6-19-12-10(18-13(19)14)11(15)16-7-17-12/h2-5,7H,6H2,1H3. The highest BCUT2D eigenvalue weighted by Gasteiger charge is 2.13. The summed E-state index contributed by atoms with van der Waals surface area (Å²) in [4.78, 5) is 12.5. The lowest BCUT2D eigenvalue weighted by atomic mass is 10.2. The Morgan fingerprint density at radius 1 is 1.35 bits per heavy atom. The molecule has 2 aromatic heterocycles. The van der Waals surface area contributed by atoms with Crippen LogP contribution in [0.4, 0.5) is 0 Å². The maximum absolute atomic E-state index is 6.03. The van der Waals surface area contributed by atoms with E-state index in [0.29, 0.717) is 27.6 Å². The van der Waals surface area contributed by atoms with Crippen LogP contribution in [0.5, 0.6) is 5.75 Å². The highest BCUT2D eigenvalue weighted by Crippen LogP contribution is 2.24. The summed E-state index contributed by atoms with van der Waals surface area (Å²) in [7, 11) is 1.65. The fourth-order valence-electron chi connectivity index (χ4n) is 1.98. The van der Waals surface area contributed by atoms with Crippen LogP contribution in [0.1, 0.15) is 5.56 Å². The van der Waals surface area contributed by atoms with E-state index in [2.05, 4.69) is 30.9 Å². The average Bonchev–Trinajstić information content (AvgIpc) is 2.78. The molecule has 0 fully saturated rings. The van der Waals surface area contributed by atoms with Crippen molar-refractivity contribution in [1.29, 1.82) is 0 Å². The molecule has 0 N–H and O–H groups in total. The van der Waals surface area contributed by atoms with Gasteiger partial charge >= 0.3 is 0 Å². The summed E-state index contributed by atoms with van der Waals surface area (Å²) < 4.78 is 7.82. The Balaban J connectivity index is 2.06. The molecule has 0 atom stereocenters. The number of aromatic nitrogens is 4. The normalized spacial score (nSPS) is 10.9. The minimum absolute atomic E-state index is 0.347. The Hall–Kier alpha value is -1.66. The maximum Gasteiger partial charge on any atom is 0.179 e. The van der Waals surface area contributed by atoms with Gasteiger partial charge in [0, 0.05) is 0 Å². The molecule has 0 saturated heterocycles. The molecule has 20 heavy (non-hydrogen) atoms. The second-order valence-electron chi connectivity index (χ2n) is 4.16. The molecule has 3 rings (SSSR count). The number of halogens is 2. The quantitative estimate of drug-likeness (QED) is 0.535. The van der Waals surface area contributed by atoms with Gasteiger partial charge in [0.05, 0.1) is 13.7 Å². The molecule has 0 unspecified atom stereocenters. The average molecular weight is 354 g/mol. The van der Waals surface area contributed by atoms with E-state index in [0.717, 1.165) is 11.3 Å². The Morgan fingerprint density at radius 2 is 2.20 bits per heavy atom. The maximum atomic E-state index is 6.03. The Bertz CT molecular complexity index is 774. The van der Waals surface area contributed by atoms with E-state index in [1.165, 1.54) is 6.33 Å². The van der Waals surface area contributed by atoms with Crippen molar-refractivity contribution in [3.8, 4) is 5.75 Å². The molecule has 0 amide bonds. The summed E-state index contributed by atoms with van der Waals surface area (Å²) >= 11 is 9.46. The third kappa shape index (κ3) is 2.36. The van der Waals surface area contributed by atoms with Gasteiger partial charge in [0.1, 0.15) is 17.6 Å². The molecule has 0 aliphatic rings. The zero-order valence-corrected chi connectivity index (χ0v) is 12.9. The Morgan fingerprint density at radius 3 is 3.00 bits per heavy atom. The topological polar surface area (TPSA) is 52.8 Å². The molecule has 0 saturated carbocycles. The Labute approximate surface area is 128 Å². The summed E-state index contributed by atoms with van der Waals surface area (Å²) in [6, 6.07) is 7.84. The molecule has 0 spiro atoms. The van der Waals surface area contributed by atoms with Crippen LogP contribution in [0.3, 0.4) is 0 Å². The molecule has 0 aliphatic carbocycles. The monoisotopic (exact) mass is 352 g/mol. The van der Waals surface area contributed by atoms with Crippen molar-refractivity contribution in [2.24, 2.45) is 0 Å². The van der Waals surface area contributed by atoms with E-state index in [9.17, 15) is 0 Å². The lowest BCUT2D eigenvalue weighted by Gasteiger charge is -2.07. The second-order valence-corrected chi connectivity index (χ2v) is 5.22. The van der Waals surface area contributed by atoms with Crippen LogP contribution < -0.4 is 4.74 Å². The molecule has 0 radical (unpaired) electrons. The third-order valence-electron chi connectivity index (χ3n) is 2.92. The van der Waals surface area contributed by atoms with Crippen molar-refractivity contribution >= 4 is 38.7 Å². The largest absolute Gasteiger partial charge is 0.497 e. The summed E-state index contributed by atoms with van der Waals surface area (Å²) in [5.74, 6) is 0.815. The molecule has 7 heteroatoms. The van der Waals surface area contributed by atoms with E-state index < -0.39 is 0 Å². The summed E-state index contributed by atoms with van der Waals surface area (Å²) in [5, 5.41) is 0.347. The minimum Gasteiger partial charge on any atom is -0.497 e. The van der Waals surface area contributed by atoms with E-state index in [4.69, 9.17) is 16.3 Å². The summed E-state index contributed by atoms with van der Waals surface area (Å²) in [5.41, 5.74) is 2.36. The Kier molecular flexibility index (Phi) is 3.58. The molecule has 3 aromatic rings. The molecule has 2 heterocycles. The second kappa shape index (κ2) is 5.38. The van der Waals surface area contributed by atoms with Crippen molar-refractivity contribution in [1.82, 2.24) is 19.5 Å². The molecule has 1 aromatic carbocycles. The first-order valence-electron chi connectivity index (χ1n) is 5.84. The number of ether oxygens (including phenoxy) is 1. The van der Waals surface area contributed by atoms with Gasteiger partial charge in [0.15, 0.2) is 15.5 Å². The fourth-order valence-corrected chi connectivity index (χ4v) is 2.62. The van der Waals surface area contributed by atoms with Crippen molar-refractivity contribution in [2.45, 2.75) is 6.54 Å². The van der Waals surface area contributed by atoms with Crippen molar-refractivity contribution in [3.05, 3.63) is 46.0 Å². The van der Waals surface area contributed by atoms with E-state index in [-0.39, 0.29) is 0 Å². The molecule has 5 nitrogen and oxygen atoms in total. The van der Waals surface area contributed by atoms with E-state index in [1.54, 1.807) is 7.11 Å². The smallest absolute Gasteiger partial charge is 0.179 e. The van der Waals surface area contributed by atoms with Crippen LogP contribution in [0.25, 0.3) is 11.2 Å². The summed E-state index contributed by atoms with van der Waals surface area (Å²) in [6.07, 6.45) is 1.43. The van der Waals surface area contributed by atoms with Crippen molar-refractivity contribution < 1.29 is 4.74 Å². The van der Waals surface area contributed by atoms with E-state index >= 15 is 0 Å². The number of hydrogen-bond acceptors (Lipinski definition) is 4. The van der Waals surface area contributed by atoms with Crippen LogP contribution >= 0.6 is 27.5 Å². The van der Waals surface area contributed by atoms with Gasteiger partial charge in [0.2, 0.25) is 0 Å². The van der Waals surface area contributed by atoms with Crippen molar-refractivity contribution in [3.63, 3.8) is 0 Å². The van der Waals surface area contributed by atoms with Gasteiger partial charge in [-0.1, -0.05) is 23.7 Å². The summed E-state index contributed by atoms with van der Waals surface area (Å²) in [6.45, 7) is 0.613. The fraction of sp³-hybridized carbons (Fsp3) is 0.154. The first-order chi connectivity index (χ1) is 9.69. The van der Waals surface area contributed by atoms with Gasteiger partial charge < -0.3 is 4.74 Å². The number of methoxy groups -OCH3 is 1. The SMILES string of the molecule is COc1cccc(Cn2c(Br)nc3c(Cl)ncnc32)c1. The number of nitrogens with zero attached hydrogens (tertiary/aromatic N) is 4. The van der Waals surface area contributed by atoms with Crippen molar-refractivity contribution in [2.75, 3.05) is 7.11 Å². The molecule has 102 valence electrons. The molecular formula is C13H10BrClN4O. The predicted octanol–water partition coefficient (Wildman–Crippen LogP) is 3.30. The van der Waals surface area contributed by atoms with E-state index in [1.807, 2.05) is 28.8 Å². The number of fused-ring (bicyclic) bond motifs is 1. The predicted molar refractivity (Wildman–Crippen MR) is 80.1 cm³/mol. The van der Waals surface area contributed by atoms with Crippen LogP contribution in [-0.4, -0.2) is 26.6 Å². The van der Waals surface area contributed by atoms with Crippen LogP contribution in [-0.2, 0) is 6.54 Å². The minimum atomic E-state index is 0.347. The lowest BCUT2D eigenvalue weighted by Crippen LogP contribution is -2.01. The van der Waals surface area contributed by atoms with Crippen LogP contribution in [0.2, 0.25) is 5.15 Å². The first kappa shape index (κ1) is 13.3. The van der Waals surface area contributed by atoms with Gasteiger partial charge in [-0.25, -0.2) is 15.0 Å². The first-order valence-corrected chi connectivity index (χ1v) is 7.01. The third-order valence-corrected chi connectivity index (χ3v) is 3.80. The highest BCUT2D eigenvalue weighted by atomic mass is 79.9. The molecule has 0 bridgehead atoms. The van der Waals surface area contributed by atoms with Gasteiger partial charge in [-0.15, -0.1) is 0 Å². The van der Waals surface area contributed by atoms with Crippen LogP contribution in [0, 0.1) is 0 Å². The zero-order chi connectivity index (χ0) is 14.1. The number of hydrogen-bond donors (Lipinski definition) is 0.